The molecule has 1 saturated carbocycles. The minimum Gasteiger partial charge on any atom is -0.375 e. The number of nitrogens with one attached hydrogen (secondary N) is 1. The molecule has 2 fully saturated rings. The fourth-order valence-corrected chi connectivity index (χ4v) is 2.66. The van der Waals surface area contributed by atoms with Crippen LogP contribution in [-0.4, -0.2) is 25.4 Å². The molecule has 1 atom stereocenters. The second kappa shape index (κ2) is 3.95. The SMILES string of the molecule is CONC1CCOC2(CCCC2)C1. The number of hydrogen-bond donors (Lipinski definition) is 1. The van der Waals surface area contributed by atoms with Crippen LogP contribution in [0, 0.1) is 0 Å². The van der Waals surface area contributed by atoms with E-state index in [0.29, 0.717) is 6.04 Å². The normalized spacial score (nSPS) is 32.5. The fourth-order valence-electron chi connectivity index (χ4n) is 2.66. The molecule has 0 amide bonds. The first-order chi connectivity index (χ1) is 6.35. The minimum atomic E-state index is 0.203. The van der Waals surface area contributed by atoms with Gasteiger partial charge in [-0.1, -0.05) is 12.8 Å². The van der Waals surface area contributed by atoms with Crippen molar-refractivity contribution < 1.29 is 9.57 Å². The summed E-state index contributed by atoms with van der Waals surface area (Å²) in [6.45, 7) is 0.890. The number of ether oxygens (including phenoxy) is 1. The van der Waals surface area contributed by atoms with E-state index in [9.17, 15) is 0 Å². The molecule has 3 nitrogen and oxygen atoms in total. The van der Waals surface area contributed by atoms with E-state index in [1.807, 2.05) is 0 Å². The Morgan fingerprint density at radius 3 is 2.85 bits per heavy atom. The van der Waals surface area contributed by atoms with E-state index in [4.69, 9.17) is 9.57 Å². The van der Waals surface area contributed by atoms with Gasteiger partial charge in [0.1, 0.15) is 0 Å². The molecule has 0 radical (unpaired) electrons. The minimum absolute atomic E-state index is 0.203. The van der Waals surface area contributed by atoms with Crippen molar-refractivity contribution in [1.29, 1.82) is 0 Å². The maximum atomic E-state index is 5.91. The summed E-state index contributed by atoms with van der Waals surface area (Å²) in [4.78, 5) is 4.98. The van der Waals surface area contributed by atoms with E-state index in [1.165, 1.54) is 25.7 Å². The van der Waals surface area contributed by atoms with Crippen LogP contribution < -0.4 is 5.48 Å². The Morgan fingerprint density at radius 2 is 2.15 bits per heavy atom. The van der Waals surface area contributed by atoms with E-state index in [-0.39, 0.29) is 5.60 Å². The smallest absolute Gasteiger partial charge is 0.0698 e. The molecule has 1 aliphatic heterocycles. The molecule has 3 heteroatoms. The van der Waals surface area contributed by atoms with Crippen LogP contribution in [0.5, 0.6) is 0 Å². The van der Waals surface area contributed by atoms with Crippen molar-refractivity contribution >= 4 is 0 Å². The third-order valence-electron chi connectivity index (χ3n) is 3.29. The van der Waals surface area contributed by atoms with E-state index in [1.54, 1.807) is 7.11 Å². The van der Waals surface area contributed by atoms with Gasteiger partial charge in [0.15, 0.2) is 0 Å². The first-order valence-electron chi connectivity index (χ1n) is 5.27. The Kier molecular flexibility index (Phi) is 2.86. The van der Waals surface area contributed by atoms with Crippen LogP contribution in [0.25, 0.3) is 0 Å². The molecule has 13 heavy (non-hydrogen) atoms. The zero-order valence-electron chi connectivity index (χ0n) is 8.34. The lowest BCUT2D eigenvalue weighted by Crippen LogP contribution is -2.45. The Bertz CT molecular complexity index is 164. The molecule has 1 spiro atoms. The Hall–Kier alpha value is -0.120. The lowest BCUT2D eigenvalue weighted by atomic mass is 9.89. The molecule has 1 aliphatic carbocycles. The molecule has 1 saturated heterocycles. The van der Waals surface area contributed by atoms with Gasteiger partial charge in [0.05, 0.1) is 12.7 Å². The monoisotopic (exact) mass is 185 g/mol. The van der Waals surface area contributed by atoms with Gasteiger partial charge in [0.2, 0.25) is 0 Å². The summed E-state index contributed by atoms with van der Waals surface area (Å²) in [6.07, 6.45) is 7.36. The predicted octanol–water partition coefficient (Wildman–Crippen LogP) is 1.63. The highest BCUT2D eigenvalue weighted by atomic mass is 16.6. The van der Waals surface area contributed by atoms with Gasteiger partial charge >= 0.3 is 0 Å². The van der Waals surface area contributed by atoms with Gasteiger partial charge in [-0.25, -0.2) is 0 Å². The Labute approximate surface area is 79.7 Å². The van der Waals surface area contributed by atoms with Crippen molar-refractivity contribution in [1.82, 2.24) is 5.48 Å². The first-order valence-corrected chi connectivity index (χ1v) is 5.27. The van der Waals surface area contributed by atoms with Crippen molar-refractivity contribution in [3.05, 3.63) is 0 Å². The highest BCUT2D eigenvalue weighted by molar-refractivity contribution is 4.92. The molecule has 1 heterocycles. The molecular formula is C10H19NO2. The van der Waals surface area contributed by atoms with Gasteiger partial charge in [-0.3, -0.25) is 0 Å². The van der Waals surface area contributed by atoms with Crippen molar-refractivity contribution in [3.8, 4) is 0 Å². The fraction of sp³-hybridized carbons (Fsp3) is 1.00. The maximum Gasteiger partial charge on any atom is 0.0698 e. The van der Waals surface area contributed by atoms with Crippen LogP contribution in [0.15, 0.2) is 0 Å². The summed E-state index contributed by atoms with van der Waals surface area (Å²) in [5.41, 5.74) is 3.26. The predicted molar refractivity (Wildman–Crippen MR) is 50.3 cm³/mol. The van der Waals surface area contributed by atoms with Crippen LogP contribution in [0.2, 0.25) is 0 Å². The average Bonchev–Trinajstić information content (AvgIpc) is 2.54. The molecule has 2 aliphatic rings. The highest BCUT2D eigenvalue weighted by Gasteiger charge is 2.39. The van der Waals surface area contributed by atoms with Crippen molar-refractivity contribution in [2.45, 2.75) is 50.2 Å². The lowest BCUT2D eigenvalue weighted by Gasteiger charge is -2.38. The number of hydroxylamine groups is 1. The van der Waals surface area contributed by atoms with Crippen LogP contribution in [0.3, 0.4) is 0 Å². The summed E-state index contributed by atoms with van der Waals surface area (Å²) >= 11 is 0. The van der Waals surface area contributed by atoms with Gasteiger partial charge < -0.3 is 9.57 Å². The summed E-state index contributed by atoms with van der Waals surface area (Å²) in [5.74, 6) is 0. The lowest BCUT2D eigenvalue weighted by molar-refractivity contribution is -0.103. The van der Waals surface area contributed by atoms with E-state index >= 15 is 0 Å². The summed E-state index contributed by atoms with van der Waals surface area (Å²) in [7, 11) is 1.69. The standard InChI is InChI=1S/C10H19NO2/c1-12-11-9-4-7-13-10(8-9)5-2-3-6-10/h9,11H,2-8H2,1H3. The maximum absolute atomic E-state index is 5.91. The summed E-state index contributed by atoms with van der Waals surface area (Å²) in [5, 5.41) is 0. The van der Waals surface area contributed by atoms with Gasteiger partial charge in [-0.05, 0) is 25.7 Å². The molecule has 0 aromatic carbocycles. The molecule has 76 valence electrons. The van der Waals surface area contributed by atoms with Crippen molar-refractivity contribution in [2.24, 2.45) is 0 Å². The second-order valence-corrected chi connectivity index (χ2v) is 4.25. The zero-order chi connectivity index (χ0) is 9.15. The molecule has 1 unspecified atom stereocenters. The van der Waals surface area contributed by atoms with Crippen LogP contribution in [-0.2, 0) is 9.57 Å². The Morgan fingerprint density at radius 1 is 1.38 bits per heavy atom. The van der Waals surface area contributed by atoms with Gasteiger partial charge in [-0.2, -0.15) is 5.48 Å². The molecule has 0 bridgehead atoms. The van der Waals surface area contributed by atoms with E-state index < -0.39 is 0 Å². The molecule has 1 N–H and O–H groups in total. The quantitative estimate of drug-likeness (QED) is 0.663. The van der Waals surface area contributed by atoms with Gasteiger partial charge in [0.25, 0.3) is 0 Å². The molecule has 0 aromatic heterocycles. The summed E-state index contributed by atoms with van der Waals surface area (Å²) in [6, 6.07) is 0.497. The first kappa shape index (κ1) is 9.44. The van der Waals surface area contributed by atoms with Crippen LogP contribution in [0.4, 0.5) is 0 Å². The topological polar surface area (TPSA) is 30.5 Å². The number of hydrogen-bond acceptors (Lipinski definition) is 3. The zero-order valence-corrected chi connectivity index (χ0v) is 8.34. The van der Waals surface area contributed by atoms with E-state index in [2.05, 4.69) is 5.48 Å². The Balaban J connectivity index is 1.90. The van der Waals surface area contributed by atoms with Gasteiger partial charge in [-0.15, -0.1) is 0 Å². The third kappa shape index (κ3) is 2.03. The van der Waals surface area contributed by atoms with Crippen LogP contribution in [0.1, 0.15) is 38.5 Å². The van der Waals surface area contributed by atoms with Crippen molar-refractivity contribution in [2.75, 3.05) is 13.7 Å². The van der Waals surface area contributed by atoms with Gasteiger partial charge in [0, 0.05) is 12.6 Å². The molecule has 0 aromatic rings. The third-order valence-corrected chi connectivity index (χ3v) is 3.29. The summed E-state index contributed by atoms with van der Waals surface area (Å²) < 4.78 is 5.91. The number of rotatable bonds is 2. The highest BCUT2D eigenvalue weighted by Crippen LogP contribution is 2.39. The second-order valence-electron chi connectivity index (χ2n) is 4.25. The van der Waals surface area contributed by atoms with E-state index in [0.717, 1.165) is 19.4 Å². The van der Waals surface area contributed by atoms with Crippen molar-refractivity contribution in [3.63, 3.8) is 0 Å². The largest absolute Gasteiger partial charge is 0.375 e. The molecule has 2 rings (SSSR count). The molecular weight excluding hydrogens is 166 g/mol. The average molecular weight is 185 g/mol. The van der Waals surface area contributed by atoms with Crippen LogP contribution >= 0.6 is 0 Å².